The number of nitrogens with zero attached hydrogens (tertiary/aromatic N) is 3. The maximum atomic E-state index is 12.0. The van der Waals surface area contributed by atoms with Crippen LogP contribution in [0.15, 0.2) is 52.9 Å². The molecule has 1 amide bonds. The maximum Gasteiger partial charge on any atom is 0.271 e. The van der Waals surface area contributed by atoms with Gasteiger partial charge in [0.2, 0.25) is 5.91 Å². The van der Waals surface area contributed by atoms with Crippen LogP contribution in [0.4, 0.5) is 11.4 Å². The van der Waals surface area contributed by atoms with Crippen LogP contribution in [-0.2, 0) is 4.79 Å². The molecule has 3 rings (SSSR count). The van der Waals surface area contributed by atoms with Gasteiger partial charge in [0.15, 0.2) is 10.2 Å². The molecule has 0 aliphatic carbocycles. The second-order valence-corrected chi connectivity index (χ2v) is 7.37. The summed E-state index contributed by atoms with van der Waals surface area (Å²) in [6.07, 6.45) is 0. The van der Waals surface area contributed by atoms with Crippen molar-refractivity contribution in [3.63, 3.8) is 0 Å². The van der Waals surface area contributed by atoms with Crippen LogP contribution in [0.25, 0.3) is 11.4 Å². The van der Waals surface area contributed by atoms with Crippen LogP contribution in [0.5, 0.6) is 0 Å². The van der Waals surface area contributed by atoms with Gasteiger partial charge in [0.1, 0.15) is 0 Å². The molecule has 0 atom stereocenters. The molecule has 26 heavy (non-hydrogen) atoms. The average molecular weight is 386 g/mol. The third-order valence-corrected chi connectivity index (χ3v) is 5.22. The van der Waals surface area contributed by atoms with E-state index in [1.807, 2.05) is 31.2 Å². The smallest absolute Gasteiger partial charge is 0.271 e. The number of thioether (sulfide) groups is 1. The number of nitro benzene ring substituents is 1. The monoisotopic (exact) mass is 386 g/mol. The number of anilines is 1. The number of nitro groups is 1. The standard InChI is InChI=1S/C17H14N4O3S2/c1-11-5-7-12(8-6-11)16-19-17(26-20-16)25-10-15(22)18-13-3-2-4-14(9-13)21(23)24/h2-9H,10H2,1H3,(H,18,22). The van der Waals surface area contributed by atoms with Crippen LogP contribution in [0, 0.1) is 17.0 Å². The van der Waals surface area contributed by atoms with Gasteiger partial charge in [0.05, 0.1) is 10.7 Å². The Kier molecular flexibility index (Phi) is 5.59. The number of hydrogen-bond donors (Lipinski definition) is 1. The van der Waals surface area contributed by atoms with Crippen LogP contribution >= 0.6 is 23.3 Å². The molecule has 3 aromatic rings. The molecule has 0 radical (unpaired) electrons. The highest BCUT2D eigenvalue weighted by molar-refractivity contribution is 8.01. The summed E-state index contributed by atoms with van der Waals surface area (Å²) in [7, 11) is 0. The fourth-order valence-electron chi connectivity index (χ4n) is 2.11. The number of rotatable bonds is 6. The summed E-state index contributed by atoms with van der Waals surface area (Å²) in [6.45, 7) is 2.01. The van der Waals surface area contributed by atoms with Gasteiger partial charge >= 0.3 is 0 Å². The molecular weight excluding hydrogens is 372 g/mol. The lowest BCUT2D eigenvalue weighted by Gasteiger charge is -2.03. The third kappa shape index (κ3) is 4.64. The highest BCUT2D eigenvalue weighted by Gasteiger charge is 2.11. The molecule has 0 saturated carbocycles. The van der Waals surface area contributed by atoms with Crippen molar-refractivity contribution in [2.45, 2.75) is 11.3 Å². The maximum absolute atomic E-state index is 12.0. The molecule has 7 nitrogen and oxygen atoms in total. The van der Waals surface area contributed by atoms with Gasteiger partial charge in [0, 0.05) is 23.4 Å². The normalized spacial score (nSPS) is 10.5. The van der Waals surface area contributed by atoms with E-state index in [1.54, 1.807) is 6.07 Å². The van der Waals surface area contributed by atoms with E-state index in [0.29, 0.717) is 15.9 Å². The number of non-ortho nitro benzene ring substituents is 1. The number of hydrogen-bond acceptors (Lipinski definition) is 7. The molecule has 0 unspecified atom stereocenters. The summed E-state index contributed by atoms with van der Waals surface area (Å²) in [6, 6.07) is 13.7. The van der Waals surface area contributed by atoms with Gasteiger partial charge in [-0.25, -0.2) is 4.98 Å². The lowest BCUT2D eigenvalue weighted by atomic mass is 10.1. The first kappa shape index (κ1) is 18.0. The van der Waals surface area contributed by atoms with Crippen molar-refractivity contribution < 1.29 is 9.72 Å². The number of aromatic nitrogens is 2. The Balaban J connectivity index is 1.57. The van der Waals surface area contributed by atoms with Gasteiger partial charge in [-0.15, -0.1) is 0 Å². The van der Waals surface area contributed by atoms with E-state index in [4.69, 9.17) is 0 Å². The molecule has 1 N–H and O–H groups in total. The second-order valence-electron chi connectivity index (χ2n) is 5.39. The van der Waals surface area contributed by atoms with E-state index in [9.17, 15) is 14.9 Å². The first-order chi connectivity index (χ1) is 12.5. The van der Waals surface area contributed by atoms with Crippen LogP contribution in [0.1, 0.15) is 5.56 Å². The highest BCUT2D eigenvalue weighted by Crippen LogP contribution is 2.25. The van der Waals surface area contributed by atoms with Gasteiger partial charge < -0.3 is 5.32 Å². The molecule has 0 aliphatic heterocycles. The molecule has 0 fully saturated rings. The SMILES string of the molecule is Cc1ccc(-c2nsc(SCC(=O)Nc3cccc([N+](=O)[O-])c3)n2)cc1. The van der Waals surface area contributed by atoms with E-state index in [2.05, 4.69) is 14.7 Å². The Hall–Kier alpha value is -2.78. The Morgan fingerprint density at radius 3 is 2.77 bits per heavy atom. The van der Waals surface area contributed by atoms with Gasteiger partial charge in [-0.3, -0.25) is 14.9 Å². The molecule has 0 saturated heterocycles. The van der Waals surface area contributed by atoms with E-state index >= 15 is 0 Å². The summed E-state index contributed by atoms with van der Waals surface area (Å²) < 4.78 is 5.00. The number of carbonyl (C=O) groups is 1. The van der Waals surface area contributed by atoms with Crippen molar-refractivity contribution in [3.8, 4) is 11.4 Å². The van der Waals surface area contributed by atoms with E-state index in [-0.39, 0.29) is 17.3 Å². The van der Waals surface area contributed by atoms with E-state index < -0.39 is 4.92 Å². The predicted octanol–water partition coefficient (Wildman–Crippen LogP) is 4.15. The molecule has 2 aromatic carbocycles. The number of aryl methyl sites for hydroxylation is 1. The van der Waals surface area contributed by atoms with Gasteiger partial charge in [-0.2, -0.15) is 4.37 Å². The van der Waals surface area contributed by atoms with E-state index in [1.165, 1.54) is 41.5 Å². The van der Waals surface area contributed by atoms with Crippen molar-refractivity contribution >= 4 is 40.6 Å². The number of amides is 1. The number of carbonyl (C=O) groups excluding carboxylic acids is 1. The quantitative estimate of drug-likeness (QED) is 0.388. The lowest BCUT2D eigenvalue weighted by molar-refractivity contribution is -0.384. The molecular formula is C17H14N4O3S2. The highest BCUT2D eigenvalue weighted by atomic mass is 32.2. The van der Waals surface area contributed by atoms with Crippen molar-refractivity contribution in [1.29, 1.82) is 0 Å². The van der Waals surface area contributed by atoms with Crippen molar-refractivity contribution in [2.75, 3.05) is 11.1 Å². The van der Waals surface area contributed by atoms with Gasteiger partial charge in [-0.1, -0.05) is 47.7 Å². The van der Waals surface area contributed by atoms with Crippen LogP contribution < -0.4 is 5.32 Å². The Morgan fingerprint density at radius 1 is 1.27 bits per heavy atom. The topological polar surface area (TPSA) is 98.0 Å². The van der Waals surface area contributed by atoms with Crippen molar-refractivity contribution in [2.24, 2.45) is 0 Å². The Morgan fingerprint density at radius 2 is 2.04 bits per heavy atom. The summed E-state index contributed by atoms with van der Waals surface area (Å²) in [5.41, 5.74) is 2.42. The zero-order valence-corrected chi connectivity index (χ0v) is 15.3. The largest absolute Gasteiger partial charge is 0.325 e. The fraction of sp³-hybridized carbons (Fsp3) is 0.118. The van der Waals surface area contributed by atoms with Gasteiger partial charge in [0.25, 0.3) is 5.69 Å². The predicted molar refractivity (Wildman–Crippen MR) is 103 cm³/mol. The fourth-order valence-corrected chi connectivity index (χ4v) is 3.52. The number of nitrogens with one attached hydrogen (secondary N) is 1. The zero-order valence-electron chi connectivity index (χ0n) is 13.7. The van der Waals surface area contributed by atoms with E-state index in [0.717, 1.165) is 11.1 Å². The van der Waals surface area contributed by atoms with Crippen molar-refractivity contribution in [1.82, 2.24) is 9.36 Å². The average Bonchev–Trinajstić information content (AvgIpc) is 3.10. The van der Waals surface area contributed by atoms with Gasteiger partial charge in [-0.05, 0) is 24.5 Å². The van der Waals surface area contributed by atoms with Crippen LogP contribution in [0.2, 0.25) is 0 Å². The molecule has 0 spiro atoms. The minimum absolute atomic E-state index is 0.0673. The Labute approximate surface area is 157 Å². The molecule has 9 heteroatoms. The van der Waals surface area contributed by atoms with Crippen LogP contribution in [0.3, 0.4) is 0 Å². The zero-order chi connectivity index (χ0) is 18.5. The lowest BCUT2D eigenvalue weighted by Crippen LogP contribution is -2.14. The molecule has 132 valence electrons. The minimum atomic E-state index is -0.502. The Bertz CT molecular complexity index is 941. The van der Waals surface area contributed by atoms with Crippen LogP contribution in [-0.4, -0.2) is 25.9 Å². The summed E-state index contributed by atoms with van der Waals surface area (Å²) in [4.78, 5) is 26.7. The second kappa shape index (κ2) is 8.07. The third-order valence-electron chi connectivity index (χ3n) is 3.38. The molecule has 0 aliphatic rings. The van der Waals surface area contributed by atoms with Crippen molar-refractivity contribution in [3.05, 3.63) is 64.2 Å². The molecule has 1 heterocycles. The summed E-state index contributed by atoms with van der Waals surface area (Å²) >= 11 is 2.51. The summed E-state index contributed by atoms with van der Waals surface area (Å²) in [5.74, 6) is 0.518. The molecule has 0 bridgehead atoms. The summed E-state index contributed by atoms with van der Waals surface area (Å²) in [5, 5.41) is 13.4. The minimum Gasteiger partial charge on any atom is -0.325 e. The first-order valence-electron chi connectivity index (χ1n) is 7.59. The number of benzene rings is 2. The first-order valence-corrected chi connectivity index (χ1v) is 9.35. The molecule has 1 aromatic heterocycles.